The third-order valence-electron chi connectivity index (χ3n) is 5.23. The summed E-state index contributed by atoms with van der Waals surface area (Å²) in [5.74, 6) is -0.101. The van der Waals surface area contributed by atoms with Crippen LogP contribution in [-0.4, -0.2) is 51.8 Å². The van der Waals surface area contributed by atoms with Crippen molar-refractivity contribution in [1.29, 1.82) is 0 Å². The Morgan fingerprint density at radius 2 is 2.07 bits per heavy atom. The first-order chi connectivity index (χ1) is 14.0. The summed E-state index contributed by atoms with van der Waals surface area (Å²) in [6.45, 7) is 5.72. The quantitative estimate of drug-likeness (QED) is 0.548. The Hall–Kier alpha value is -2.06. The molecule has 0 saturated carbocycles. The number of nitrogens with zero attached hydrogens (tertiary/aromatic N) is 2. The van der Waals surface area contributed by atoms with Gasteiger partial charge in [-0.3, -0.25) is 4.79 Å². The molecule has 6 nitrogen and oxygen atoms in total. The lowest BCUT2D eigenvalue weighted by molar-refractivity contribution is -0.128. The van der Waals surface area contributed by atoms with E-state index in [1.165, 1.54) is 39.9 Å². The Labute approximate surface area is 179 Å². The number of carboxylic acids is 1. The zero-order valence-electron chi connectivity index (χ0n) is 16.8. The molecule has 1 aromatic heterocycles. The smallest absolute Gasteiger partial charge is 0.355 e. The van der Waals surface area contributed by atoms with Crippen LogP contribution in [0.25, 0.3) is 0 Å². The Bertz CT molecular complexity index is 846. The van der Waals surface area contributed by atoms with Crippen LogP contribution in [0.4, 0.5) is 5.69 Å². The summed E-state index contributed by atoms with van der Waals surface area (Å²) in [4.78, 5) is 29.4. The van der Waals surface area contributed by atoms with Crippen LogP contribution in [0.3, 0.4) is 0 Å². The van der Waals surface area contributed by atoms with Gasteiger partial charge in [0.15, 0.2) is 10.0 Å². The van der Waals surface area contributed by atoms with Crippen molar-refractivity contribution in [3.8, 4) is 0 Å². The molecule has 1 amide bonds. The van der Waals surface area contributed by atoms with Gasteiger partial charge in [0.2, 0.25) is 5.91 Å². The molecule has 1 saturated heterocycles. The maximum Gasteiger partial charge on any atom is 0.355 e. The standard InChI is InChI=1S/C21H27N3O3S2/c1-3-14-6-5-7-15(4-2)19(14)22-12-16-8-9-18(25)24(16)10-11-28-21-23-17(13-29-21)20(26)27/h5-7,13,16,22H,3-4,8-12H2,1-2H3,(H,26,27). The van der Waals surface area contributed by atoms with E-state index in [-0.39, 0.29) is 17.6 Å². The van der Waals surface area contributed by atoms with Crippen molar-refractivity contribution < 1.29 is 14.7 Å². The molecule has 0 radical (unpaired) electrons. The molecular weight excluding hydrogens is 406 g/mol. The highest BCUT2D eigenvalue weighted by atomic mass is 32.2. The molecule has 1 aromatic carbocycles. The molecule has 156 valence electrons. The summed E-state index contributed by atoms with van der Waals surface area (Å²) < 4.78 is 0.730. The predicted octanol–water partition coefficient (Wildman–Crippen LogP) is 4.16. The summed E-state index contributed by atoms with van der Waals surface area (Å²) >= 11 is 2.84. The molecule has 1 fully saturated rings. The minimum atomic E-state index is -1.01. The molecule has 1 unspecified atom stereocenters. The van der Waals surface area contributed by atoms with Gasteiger partial charge in [0, 0.05) is 42.4 Å². The van der Waals surface area contributed by atoms with Gasteiger partial charge in [0.1, 0.15) is 0 Å². The highest BCUT2D eigenvalue weighted by molar-refractivity contribution is 8.01. The lowest BCUT2D eigenvalue weighted by atomic mass is 10.0. The van der Waals surface area contributed by atoms with E-state index in [4.69, 9.17) is 5.11 Å². The number of nitrogens with one attached hydrogen (secondary N) is 1. The van der Waals surface area contributed by atoms with E-state index in [1.54, 1.807) is 5.38 Å². The van der Waals surface area contributed by atoms with Crippen molar-refractivity contribution in [1.82, 2.24) is 9.88 Å². The van der Waals surface area contributed by atoms with Crippen molar-refractivity contribution in [2.24, 2.45) is 0 Å². The summed E-state index contributed by atoms with van der Waals surface area (Å²) in [5, 5.41) is 14.1. The lowest BCUT2D eigenvalue weighted by Gasteiger charge is -2.26. The Kier molecular flexibility index (Phi) is 7.55. The summed E-state index contributed by atoms with van der Waals surface area (Å²) in [6.07, 6.45) is 3.42. The minimum Gasteiger partial charge on any atom is -0.476 e. The lowest BCUT2D eigenvalue weighted by Crippen LogP contribution is -2.39. The van der Waals surface area contributed by atoms with Crippen LogP contribution in [0.1, 0.15) is 48.3 Å². The molecular formula is C21H27N3O3S2. The molecule has 0 aliphatic carbocycles. The van der Waals surface area contributed by atoms with Crippen molar-refractivity contribution >= 4 is 40.7 Å². The zero-order chi connectivity index (χ0) is 20.8. The van der Waals surface area contributed by atoms with Crippen molar-refractivity contribution in [2.75, 3.05) is 24.2 Å². The molecule has 2 aromatic rings. The van der Waals surface area contributed by atoms with Crippen molar-refractivity contribution in [3.05, 3.63) is 40.4 Å². The van der Waals surface area contributed by atoms with E-state index in [2.05, 4.69) is 42.3 Å². The first-order valence-electron chi connectivity index (χ1n) is 9.99. The third-order valence-corrected chi connectivity index (χ3v) is 7.23. The molecule has 1 aliphatic heterocycles. The van der Waals surface area contributed by atoms with Gasteiger partial charge in [-0.15, -0.1) is 11.3 Å². The molecule has 2 heterocycles. The van der Waals surface area contributed by atoms with Crippen LogP contribution in [0.2, 0.25) is 0 Å². The largest absolute Gasteiger partial charge is 0.476 e. The van der Waals surface area contributed by atoms with E-state index in [0.29, 0.717) is 18.7 Å². The third kappa shape index (κ3) is 5.30. The van der Waals surface area contributed by atoms with E-state index in [9.17, 15) is 9.59 Å². The van der Waals surface area contributed by atoms with Crippen LogP contribution in [0.5, 0.6) is 0 Å². The molecule has 8 heteroatoms. The molecule has 0 bridgehead atoms. The molecule has 0 spiro atoms. The van der Waals surface area contributed by atoms with Gasteiger partial charge < -0.3 is 15.3 Å². The topological polar surface area (TPSA) is 82.5 Å². The number of benzene rings is 1. The molecule has 2 N–H and O–H groups in total. The van der Waals surface area contributed by atoms with Gasteiger partial charge in [0.25, 0.3) is 0 Å². The average Bonchev–Trinajstić information content (AvgIpc) is 3.33. The number of aryl methyl sites for hydroxylation is 2. The van der Waals surface area contributed by atoms with E-state index < -0.39 is 5.97 Å². The normalized spacial score (nSPS) is 16.4. The Balaban J connectivity index is 1.57. The monoisotopic (exact) mass is 433 g/mol. The highest BCUT2D eigenvalue weighted by Crippen LogP contribution is 2.27. The first-order valence-corrected chi connectivity index (χ1v) is 11.9. The van der Waals surface area contributed by atoms with Crippen molar-refractivity contribution in [3.63, 3.8) is 0 Å². The molecule has 29 heavy (non-hydrogen) atoms. The number of amides is 1. The first kappa shape index (κ1) is 21.6. The number of rotatable bonds is 10. The van der Waals surface area contributed by atoms with Crippen LogP contribution in [0.15, 0.2) is 27.9 Å². The fraction of sp³-hybridized carbons (Fsp3) is 0.476. The number of para-hydroxylation sites is 1. The van der Waals surface area contributed by atoms with E-state index in [0.717, 1.165) is 30.1 Å². The summed E-state index contributed by atoms with van der Waals surface area (Å²) in [6, 6.07) is 6.62. The maximum atomic E-state index is 12.4. The van der Waals surface area contributed by atoms with Crippen LogP contribution < -0.4 is 5.32 Å². The van der Waals surface area contributed by atoms with Crippen LogP contribution in [0, 0.1) is 0 Å². The van der Waals surface area contributed by atoms with Gasteiger partial charge >= 0.3 is 5.97 Å². The second-order valence-electron chi connectivity index (χ2n) is 6.97. The summed E-state index contributed by atoms with van der Waals surface area (Å²) in [5.41, 5.74) is 3.93. The number of hydrogen-bond donors (Lipinski definition) is 2. The minimum absolute atomic E-state index is 0.0816. The SMILES string of the molecule is CCc1cccc(CC)c1NCC1CCC(=O)N1CCSc1nc(C(=O)O)cs1. The number of carbonyl (C=O) groups is 2. The molecule has 1 aliphatic rings. The van der Waals surface area contributed by atoms with Gasteiger partial charge in [0.05, 0.1) is 0 Å². The summed E-state index contributed by atoms with van der Waals surface area (Å²) in [7, 11) is 0. The fourth-order valence-corrected chi connectivity index (χ4v) is 5.46. The van der Waals surface area contributed by atoms with Crippen LogP contribution in [-0.2, 0) is 17.6 Å². The molecule has 3 rings (SSSR count). The van der Waals surface area contributed by atoms with Gasteiger partial charge in [-0.2, -0.15) is 0 Å². The predicted molar refractivity (Wildman–Crippen MR) is 118 cm³/mol. The van der Waals surface area contributed by atoms with Gasteiger partial charge in [-0.05, 0) is 30.4 Å². The Morgan fingerprint density at radius 1 is 1.34 bits per heavy atom. The number of aromatic nitrogens is 1. The average molecular weight is 434 g/mol. The second kappa shape index (κ2) is 10.1. The molecule has 1 atom stereocenters. The highest BCUT2D eigenvalue weighted by Gasteiger charge is 2.30. The zero-order valence-corrected chi connectivity index (χ0v) is 18.4. The number of likely N-dealkylation sites (tertiary alicyclic amines) is 1. The Morgan fingerprint density at radius 3 is 2.69 bits per heavy atom. The van der Waals surface area contributed by atoms with Crippen molar-refractivity contribution in [2.45, 2.75) is 49.9 Å². The van der Waals surface area contributed by atoms with E-state index in [1.807, 2.05) is 4.90 Å². The number of carboxylic acid groups (broad SMARTS) is 1. The number of aromatic carboxylic acids is 1. The van der Waals surface area contributed by atoms with E-state index >= 15 is 0 Å². The fourth-order valence-electron chi connectivity index (χ4n) is 3.66. The van der Waals surface area contributed by atoms with Gasteiger partial charge in [-0.1, -0.05) is 43.8 Å². The number of carbonyl (C=O) groups excluding carboxylic acids is 1. The number of hydrogen-bond acceptors (Lipinski definition) is 6. The van der Waals surface area contributed by atoms with Gasteiger partial charge in [-0.25, -0.2) is 9.78 Å². The number of thioether (sulfide) groups is 1. The number of thiazole rings is 1. The number of anilines is 1. The van der Waals surface area contributed by atoms with Crippen LogP contribution >= 0.6 is 23.1 Å². The maximum absolute atomic E-state index is 12.4. The second-order valence-corrected chi connectivity index (χ2v) is 9.17.